The summed E-state index contributed by atoms with van der Waals surface area (Å²) in [6.45, 7) is 3.99. The quantitative estimate of drug-likeness (QED) is 0.677. The SMILES string of the molecule is CC(C)OC1CCCCC1.O=CO. The van der Waals surface area contributed by atoms with Crippen molar-refractivity contribution in [1.29, 1.82) is 0 Å². The van der Waals surface area contributed by atoms with Crippen LogP contribution in [0.15, 0.2) is 0 Å². The Morgan fingerprint density at radius 3 is 2.15 bits per heavy atom. The second-order valence-corrected chi connectivity index (χ2v) is 3.55. The first-order chi connectivity index (χ1) is 6.20. The minimum Gasteiger partial charge on any atom is -0.483 e. The van der Waals surface area contributed by atoms with Gasteiger partial charge in [0.05, 0.1) is 12.2 Å². The van der Waals surface area contributed by atoms with E-state index in [4.69, 9.17) is 14.6 Å². The van der Waals surface area contributed by atoms with Crippen molar-refractivity contribution in [3.8, 4) is 0 Å². The molecule has 0 atom stereocenters. The van der Waals surface area contributed by atoms with Crippen LogP contribution in [0.25, 0.3) is 0 Å². The van der Waals surface area contributed by atoms with E-state index in [0.29, 0.717) is 12.2 Å². The van der Waals surface area contributed by atoms with Crippen LogP contribution < -0.4 is 0 Å². The van der Waals surface area contributed by atoms with E-state index in [1.54, 1.807) is 0 Å². The molecule has 0 amide bonds. The molecule has 0 bridgehead atoms. The Balaban J connectivity index is 0.000000424. The van der Waals surface area contributed by atoms with Gasteiger partial charge in [-0.25, -0.2) is 0 Å². The van der Waals surface area contributed by atoms with Gasteiger partial charge in [0.1, 0.15) is 0 Å². The van der Waals surface area contributed by atoms with Crippen LogP contribution in [0.2, 0.25) is 0 Å². The molecule has 0 aromatic rings. The van der Waals surface area contributed by atoms with Gasteiger partial charge in [-0.05, 0) is 26.7 Å². The van der Waals surface area contributed by atoms with Gasteiger partial charge in [0.15, 0.2) is 0 Å². The lowest BCUT2D eigenvalue weighted by atomic mass is 9.98. The summed E-state index contributed by atoms with van der Waals surface area (Å²) in [5, 5.41) is 6.89. The molecule has 78 valence electrons. The number of carbonyl (C=O) groups is 1. The number of ether oxygens (including phenoxy) is 1. The van der Waals surface area contributed by atoms with Crippen LogP contribution >= 0.6 is 0 Å². The zero-order chi connectivity index (χ0) is 10.1. The van der Waals surface area contributed by atoms with Gasteiger partial charge >= 0.3 is 0 Å². The molecule has 0 radical (unpaired) electrons. The summed E-state index contributed by atoms with van der Waals surface area (Å²) in [5.74, 6) is 0. The highest BCUT2D eigenvalue weighted by Crippen LogP contribution is 2.21. The van der Waals surface area contributed by atoms with Crippen molar-refractivity contribution in [3.63, 3.8) is 0 Å². The lowest BCUT2D eigenvalue weighted by Crippen LogP contribution is -2.20. The fourth-order valence-corrected chi connectivity index (χ4v) is 1.59. The summed E-state index contributed by atoms with van der Waals surface area (Å²) in [7, 11) is 0. The van der Waals surface area contributed by atoms with E-state index in [9.17, 15) is 0 Å². The smallest absolute Gasteiger partial charge is 0.290 e. The molecule has 1 fully saturated rings. The lowest BCUT2D eigenvalue weighted by Gasteiger charge is -2.23. The zero-order valence-corrected chi connectivity index (χ0v) is 8.53. The maximum atomic E-state index is 8.36. The molecule has 3 heteroatoms. The molecule has 1 aliphatic rings. The van der Waals surface area contributed by atoms with Gasteiger partial charge in [-0.2, -0.15) is 0 Å². The van der Waals surface area contributed by atoms with E-state index in [-0.39, 0.29) is 6.47 Å². The van der Waals surface area contributed by atoms with Crippen LogP contribution in [0.4, 0.5) is 0 Å². The maximum Gasteiger partial charge on any atom is 0.290 e. The maximum absolute atomic E-state index is 8.36. The molecule has 0 unspecified atom stereocenters. The third-order valence-corrected chi connectivity index (χ3v) is 2.02. The number of carboxylic acid groups (broad SMARTS) is 1. The molecule has 0 heterocycles. The van der Waals surface area contributed by atoms with Gasteiger partial charge in [-0.1, -0.05) is 19.3 Å². The monoisotopic (exact) mass is 188 g/mol. The van der Waals surface area contributed by atoms with Gasteiger partial charge in [-0.15, -0.1) is 0 Å². The van der Waals surface area contributed by atoms with Crippen molar-refractivity contribution in [3.05, 3.63) is 0 Å². The van der Waals surface area contributed by atoms with Gasteiger partial charge in [0.2, 0.25) is 0 Å². The average Bonchev–Trinajstić information content (AvgIpc) is 2.06. The van der Waals surface area contributed by atoms with Crippen LogP contribution in [0.3, 0.4) is 0 Å². The van der Waals surface area contributed by atoms with Crippen LogP contribution in [-0.4, -0.2) is 23.8 Å². The predicted molar refractivity (Wildman–Crippen MR) is 51.8 cm³/mol. The van der Waals surface area contributed by atoms with Gasteiger partial charge in [-0.3, -0.25) is 4.79 Å². The highest BCUT2D eigenvalue weighted by Gasteiger charge is 2.14. The molecule has 0 aromatic heterocycles. The Kier molecular flexibility index (Phi) is 7.69. The number of rotatable bonds is 2. The fraction of sp³-hybridized carbons (Fsp3) is 0.900. The molecule has 1 N–H and O–H groups in total. The molecule has 0 saturated heterocycles. The first kappa shape index (κ1) is 12.4. The van der Waals surface area contributed by atoms with E-state index < -0.39 is 0 Å². The first-order valence-electron chi connectivity index (χ1n) is 4.94. The topological polar surface area (TPSA) is 46.5 Å². The van der Waals surface area contributed by atoms with Crippen molar-refractivity contribution in [2.45, 2.75) is 58.2 Å². The standard InChI is InChI=1S/C9H18O.CH2O2/c1-8(2)10-9-6-4-3-5-7-9;2-1-3/h8-9H,3-7H2,1-2H3;1H,(H,2,3). The van der Waals surface area contributed by atoms with Crippen LogP contribution in [0.5, 0.6) is 0 Å². The van der Waals surface area contributed by atoms with Crippen molar-refractivity contribution < 1.29 is 14.6 Å². The van der Waals surface area contributed by atoms with Crippen LogP contribution in [0.1, 0.15) is 46.0 Å². The fourth-order valence-electron chi connectivity index (χ4n) is 1.59. The number of hydrogen-bond donors (Lipinski definition) is 1. The lowest BCUT2D eigenvalue weighted by molar-refractivity contribution is -0.122. The van der Waals surface area contributed by atoms with E-state index >= 15 is 0 Å². The van der Waals surface area contributed by atoms with E-state index in [1.807, 2.05) is 0 Å². The molecule has 0 spiro atoms. The average molecular weight is 188 g/mol. The summed E-state index contributed by atoms with van der Waals surface area (Å²) in [6, 6.07) is 0. The summed E-state index contributed by atoms with van der Waals surface area (Å²) in [5.41, 5.74) is 0. The molecule has 0 aliphatic heterocycles. The summed E-state index contributed by atoms with van der Waals surface area (Å²) in [4.78, 5) is 8.36. The number of hydrogen-bond acceptors (Lipinski definition) is 2. The third kappa shape index (κ3) is 7.78. The molecule has 13 heavy (non-hydrogen) atoms. The molecular formula is C10H20O3. The van der Waals surface area contributed by atoms with E-state index in [1.165, 1.54) is 32.1 Å². The highest BCUT2D eigenvalue weighted by atomic mass is 16.5. The Morgan fingerprint density at radius 2 is 1.77 bits per heavy atom. The summed E-state index contributed by atoms with van der Waals surface area (Å²) < 4.78 is 5.69. The third-order valence-electron chi connectivity index (χ3n) is 2.02. The summed E-state index contributed by atoms with van der Waals surface area (Å²) >= 11 is 0. The normalized spacial score (nSPS) is 17.8. The summed E-state index contributed by atoms with van der Waals surface area (Å²) in [6.07, 6.45) is 7.74. The van der Waals surface area contributed by atoms with Crippen molar-refractivity contribution in [2.75, 3.05) is 0 Å². The molecule has 1 saturated carbocycles. The molecule has 3 nitrogen and oxygen atoms in total. The zero-order valence-electron chi connectivity index (χ0n) is 8.53. The Labute approximate surface area is 80.1 Å². The van der Waals surface area contributed by atoms with Crippen LogP contribution in [-0.2, 0) is 9.53 Å². The predicted octanol–water partition coefficient (Wildman–Crippen LogP) is 2.44. The Bertz CT molecular complexity index is 117. The Morgan fingerprint density at radius 1 is 1.31 bits per heavy atom. The first-order valence-corrected chi connectivity index (χ1v) is 4.94. The minimum absolute atomic E-state index is 0.250. The van der Waals surface area contributed by atoms with E-state index in [0.717, 1.165) is 0 Å². The van der Waals surface area contributed by atoms with Crippen molar-refractivity contribution in [2.24, 2.45) is 0 Å². The van der Waals surface area contributed by atoms with E-state index in [2.05, 4.69) is 13.8 Å². The van der Waals surface area contributed by atoms with Gasteiger partial charge in [0, 0.05) is 0 Å². The second-order valence-electron chi connectivity index (χ2n) is 3.55. The van der Waals surface area contributed by atoms with Crippen LogP contribution in [0, 0.1) is 0 Å². The largest absolute Gasteiger partial charge is 0.483 e. The van der Waals surface area contributed by atoms with Gasteiger partial charge in [0.25, 0.3) is 6.47 Å². The minimum atomic E-state index is -0.250. The molecule has 1 aliphatic carbocycles. The van der Waals surface area contributed by atoms with Crippen molar-refractivity contribution >= 4 is 6.47 Å². The molecule has 0 aromatic carbocycles. The Hall–Kier alpha value is -0.570. The van der Waals surface area contributed by atoms with Gasteiger partial charge < -0.3 is 9.84 Å². The highest BCUT2D eigenvalue weighted by molar-refractivity contribution is 5.32. The molecular weight excluding hydrogens is 168 g/mol. The van der Waals surface area contributed by atoms with Crippen molar-refractivity contribution in [1.82, 2.24) is 0 Å². The second kappa shape index (κ2) is 8.05. The molecule has 1 rings (SSSR count).